The summed E-state index contributed by atoms with van der Waals surface area (Å²) < 4.78 is 6.16. The first kappa shape index (κ1) is 14.4. The smallest absolute Gasteiger partial charge is 0.0678 e. The van der Waals surface area contributed by atoms with E-state index in [2.05, 4.69) is 44.2 Å². The largest absolute Gasteiger partial charge is 0.369 e. The van der Waals surface area contributed by atoms with Crippen molar-refractivity contribution >= 4 is 0 Å². The molecule has 106 valence electrons. The molecule has 0 aromatic carbocycles. The van der Waals surface area contributed by atoms with E-state index in [4.69, 9.17) is 10.6 Å². The second-order valence-corrected chi connectivity index (χ2v) is 6.61. The highest BCUT2D eigenvalue weighted by molar-refractivity contribution is 5.12. The van der Waals surface area contributed by atoms with Crippen LogP contribution in [-0.4, -0.2) is 22.2 Å². The first-order valence-corrected chi connectivity index (χ1v) is 6.89. The van der Waals surface area contributed by atoms with E-state index in [-0.39, 0.29) is 17.2 Å². The number of hydrogen-bond acceptors (Lipinski definition) is 4. The summed E-state index contributed by atoms with van der Waals surface area (Å²) in [4.78, 5) is 4.16. The minimum atomic E-state index is -0.164. The van der Waals surface area contributed by atoms with E-state index >= 15 is 0 Å². The molecular formula is C15H25N3O. The third-order valence-electron chi connectivity index (χ3n) is 4.02. The zero-order valence-electron chi connectivity index (χ0n) is 12.3. The van der Waals surface area contributed by atoms with Crippen LogP contribution in [0, 0.1) is 5.92 Å². The van der Waals surface area contributed by atoms with Gasteiger partial charge in [0.05, 0.1) is 11.2 Å². The van der Waals surface area contributed by atoms with Gasteiger partial charge in [-0.05, 0) is 52.2 Å². The number of rotatable bonds is 4. The molecule has 1 aromatic heterocycles. The molecule has 1 aliphatic heterocycles. The van der Waals surface area contributed by atoms with Crippen molar-refractivity contribution in [2.24, 2.45) is 11.8 Å². The van der Waals surface area contributed by atoms with Crippen LogP contribution < -0.4 is 11.3 Å². The fraction of sp³-hybridized carbons (Fsp3) is 0.667. The lowest BCUT2D eigenvalue weighted by molar-refractivity contribution is -0.0776. The summed E-state index contributed by atoms with van der Waals surface area (Å²) in [5.74, 6) is 6.17. The molecule has 2 rings (SSSR count). The molecular weight excluding hydrogens is 238 g/mol. The van der Waals surface area contributed by atoms with Gasteiger partial charge < -0.3 is 4.74 Å². The molecule has 19 heavy (non-hydrogen) atoms. The lowest BCUT2D eigenvalue weighted by Crippen LogP contribution is -2.48. The Kier molecular flexibility index (Phi) is 3.95. The van der Waals surface area contributed by atoms with E-state index < -0.39 is 0 Å². The Bertz CT molecular complexity index is 417. The van der Waals surface area contributed by atoms with Crippen LogP contribution in [-0.2, 0) is 11.2 Å². The zero-order chi connectivity index (χ0) is 14.1. The van der Waals surface area contributed by atoms with Crippen LogP contribution >= 0.6 is 0 Å². The van der Waals surface area contributed by atoms with Gasteiger partial charge >= 0.3 is 0 Å². The predicted molar refractivity (Wildman–Crippen MR) is 76.4 cm³/mol. The maximum absolute atomic E-state index is 6.16. The van der Waals surface area contributed by atoms with Crippen molar-refractivity contribution in [3.8, 4) is 0 Å². The van der Waals surface area contributed by atoms with E-state index in [9.17, 15) is 0 Å². The van der Waals surface area contributed by atoms with Crippen molar-refractivity contribution in [3.05, 3.63) is 30.1 Å². The average Bonchev–Trinajstić information content (AvgIpc) is 2.55. The molecule has 1 aliphatic rings. The van der Waals surface area contributed by atoms with Crippen LogP contribution in [0.25, 0.3) is 0 Å². The highest BCUT2D eigenvalue weighted by Gasteiger charge is 2.48. The molecule has 4 nitrogen and oxygen atoms in total. The van der Waals surface area contributed by atoms with Gasteiger partial charge in [-0.1, -0.05) is 6.07 Å². The lowest BCUT2D eigenvalue weighted by atomic mass is 9.80. The summed E-state index contributed by atoms with van der Waals surface area (Å²) in [6.45, 7) is 8.60. The molecule has 1 aromatic rings. The fourth-order valence-electron chi connectivity index (χ4n) is 3.32. The molecule has 2 heterocycles. The Labute approximate surface area is 115 Å². The number of pyridine rings is 1. The monoisotopic (exact) mass is 263 g/mol. The second kappa shape index (κ2) is 5.19. The molecule has 0 aliphatic carbocycles. The maximum atomic E-state index is 6.16. The van der Waals surface area contributed by atoms with Crippen molar-refractivity contribution < 1.29 is 4.74 Å². The summed E-state index contributed by atoms with van der Waals surface area (Å²) in [5, 5.41) is 0. The average molecular weight is 263 g/mol. The molecule has 1 saturated heterocycles. The van der Waals surface area contributed by atoms with Gasteiger partial charge in [-0.3, -0.25) is 16.3 Å². The molecule has 1 fully saturated rings. The van der Waals surface area contributed by atoms with Crippen LogP contribution in [0.2, 0.25) is 0 Å². The first-order valence-electron chi connectivity index (χ1n) is 6.89. The van der Waals surface area contributed by atoms with Gasteiger partial charge in [0.25, 0.3) is 0 Å². The van der Waals surface area contributed by atoms with Crippen LogP contribution in [0.15, 0.2) is 24.5 Å². The van der Waals surface area contributed by atoms with Crippen molar-refractivity contribution in [3.63, 3.8) is 0 Å². The van der Waals surface area contributed by atoms with Gasteiger partial charge in [-0.25, -0.2) is 0 Å². The topological polar surface area (TPSA) is 60.2 Å². The molecule has 2 atom stereocenters. The molecule has 0 spiro atoms. The van der Waals surface area contributed by atoms with Gasteiger partial charge in [0, 0.05) is 24.4 Å². The quantitative estimate of drug-likeness (QED) is 0.645. The van der Waals surface area contributed by atoms with Gasteiger partial charge in [0.2, 0.25) is 0 Å². The summed E-state index contributed by atoms with van der Waals surface area (Å²) in [5.41, 5.74) is 3.93. The molecule has 2 unspecified atom stereocenters. The number of ether oxygens (including phenoxy) is 1. The molecule has 0 bridgehead atoms. The lowest BCUT2D eigenvalue weighted by Gasteiger charge is -2.32. The van der Waals surface area contributed by atoms with Crippen molar-refractivity contribution in [1.82, 2.24) is 10.4 Å². The number of nitrogens with two attached hydrogens (primary N) is 1. The normalized spacial score (nSPS) is 26.3. The number of hydrazine groups is 1. The SMILES string of the molecule is CC1(C)CC(C(Cc2cccnc2)NN)C(C)(C)O1. The van der Waals surface area contributed by atoms with E-state index in [0.29, 0.717) is 5.92 Å². The Hall–Kier alpha value is -0.970. The van der Waals surface area contributed by atoms with Gasteiger partial charge in [0.15, 0.2) is 0 Å². The Morgan fingerprint density at radius 3 is 2.68 bits per heavy atom. The van der Waals surface area contributed by atoms with Crippen molar-refractivity contribution in [1.29, 1.82) is 0 Å². The van der Waals surface area contributed by atoms with Crippen LogP contribution in [0.3, 0.4) is 0 Å². The van der Waals surface area contributed by atoms with Gasteiger partial charge in [-0.15, -0.1) is 0 Å². The molecule has 0 radical (unpaired) electrons. The van der Waals surface area contributed by atoms with Crippen molar-refractivity contribution in [2.75, 3.05) is 0 Å². The number of hydrogen-bond donors (Lipinski definition) is 2. The number of nitrogens with zero attached hydrogens (tertiary/aromatic N) is 1. The van der Waals surface area contributed by atoms with E-state index in [0.717, 1.165) is 12.8 Å². The number of nitrogens with one attached hydrogen (secondary N) is 1. The molecule has 4 heteroatoms. The van der Waals surface area contributed by atoms with Crippen LogP contribution in [0.1, 0.15) is 39.7 Å². The highest BCUT2D eigenvalue weighted by Crippen LogP contribution is 2.43. The van der Waals surface area contributed by atoms with E-state index in [1.165, 1.54) is 5.56 Å². The summed E-state index contributed by atoms with van der Waals surface area (Å²) in [6.07, 6.45) is 5.57. The van der Waals surface area contributed by atoms with Crippen molar-refractivity contribution in [2.45, 2.75) is 57.8 Å². The third kappa shape index (κ3) is 3.32. The third-order valence-corrected chi connectivity index (χ3v) is 4.02. The van der Waals surface area contributed by atoms with E-state index in [1.807, 2.05) is 12.3 Å². The summed E-state index contributed by atoms with van der Waals surface area (Å²) in [7, 11) is 0. The summed E-state index contributed by atoms with van der Waals surface area (Å²) >= 11 is 0. The minimum absolute atomic E-state index is 0.0851. The number of aromatic nitrogens is 1. The first-order chi connectivity index (χ1) is 8.84. The molecule has 3 N–H and O–H groups in total. The molecule has 0 saturated carbocycles. The predicted octanol–water partition coefficient (Wildman–Crippen LogP) is 2.05. The van der Waals surface area contributed by atoms with Gasteiger partial charge in [-0.2, -0.15) is 0 Å². The highest BCUT2D eigenvalue weighted by atomic mass is 16.5. The van der Waals surface area contributed by atoms with Crippen LogP contribution in [0.4, 0.5) is 0 Å². The standard InChI is InChI=1S/C15H25N3O/c1-14(2)9-12(15(3,4)19-14)13(18-16)8-11-6-5-7-17-10-11/h5-7,10,12-13,18H,8-9,16H2,1-4H3. The van der Waals surface area contributed by atoms with Crippen LogP contribution in [0.5, 0.6) is 0 Å². The minimum Gasteiger partial charge on any atom is -0.369 e. The Balaban J connectivity index is 2.14. The Morgan fingerprint density at radius 1 is 1.47 bits per heavy atom. The maximum Gasteiger partial charge on any atom is 0.0678 e. The summed E-state index contributed by atoms with van der Waals surface area (Å²) in [6, 6.07) is 4.25. The fourth-order valence-corrected chi connectivity index (χ4v) is 3.32. The second-order valence-electron chi connectivity index (χ2n) is 6.61. The van der Waals surface area contributed by atoms with E-state index in [1.54, 1.807) is 6.20 Å². The zero-order valence-corrected chi connectivity index (χ0v) is 12.3. The van der Waals surface area contributed by atoms with Gasteiger partial charge in [0.1, 0.15) is 0 Å². The Morgan fingerprint density at radius 2 is 2.21 bits per heavy atom. The molecule has 0 amide bonds.